The molecule has 0 spiro atoms. The number of aryl methyl sites for hydroxylation is 2. The van der Waals surface area contributed by atoms with Crippen molar-refractivity contribution in [1.29, 1.82) is 0 Å². The molecule has 2 fully saturated rings. The highest BCUT2D eigenvalue weighted by Crippen LogP contribution is 2.45. The molecule has 2 heterocycles. The van der Waals surface area contributed by atoms with Gasteiger partial charge in [0.2, 0.25) is 0 Å². The van der Waals surface area contributed by atoms with E-state index < -0.39 is 21.0 Å². The maximum absolute atomic E-state index is 13.5. The molecule has 0 amide bonds. The van der Waals surface area contributed by atoms with Gasteiger partial charge in [-0.05, 0) is 80.4 Å². The van der Waals surface area contributed by atoms with E-state index in [0.29, 0.717) is 18.5 Å². The van der Waals surface area contributed by atoms with E-state index >= 15 is 0 Å². The molecule has 1 saturated heterocycles. The summed E-state index contributed by atoms with van der Waals surface area (Å²) in [5.74, 6) is 0.475. The van der Waals surface area contributed by atoms with Crippen molar-refractivity contribution >= 4 is 31.8 Å². The van der Waals surface area contributed by atoms with Crippen molar-refractivity contribution in [1.82, 2.24) is 23.5 Å². The fraction of sp³-hybridized carbons (Fsp3) is 0.441. The third-order valence-electron chi connectivity index (χ3n) is 9.71. The fourth-order valence-corrected chi connectivity index (χ4v) is 9.57. The molecule has 2 aliphatic rings. The Morgan fingerprint density at radius 3 is 2.55 bits per heavy atom. The lowest BCUT2D eigenvalue weighted by atomic mass is 9.78. The Kier molecular flexibility index (Phi) is 9.08. The monoisotopic (exact) mass is 633 g/mol. The first-order valence-electron chi connectivity index (χ1n) is 15.5. The lowest BCUT2D eigenvalue weighted by Gasteiger charge is -2.38. The smallest absolute Gasteiger partial charge is 0.261 e. The van der Waals surface area contributed by atoms with Crippen LogP contribution in [0, 0.1) is 12.8 Å². The first-order chi connectivity index (χ1) is 21.1. The Morgan fingerprint density at radius 1 is 1.05 bits per heavy atom. The zero-order valence-electron chi connectivity index (χ0n) is 25.9. The summed E-state index contributed by atoms with van der Waals surface area (Å²) in [4.78, 5) is 7.60. The van der Waals surface area contributed by atoms with Gasteiger partial charge in [-0.1, -0.05) is 66.2 Å². The van der Waals surface area contributed by atoms with Crippen molar-refractivity contribution in [2.24, 2.45) is 13.0 Å². The van der Waals surface area contributed by atoms with Gasteiger partial charge in [-0.3, -0.25) is 0 Å². The average Bonchev–Trinajstić information content (AvgIpc) is 3.67. The van der Waals surface area contributed by atoms with E-state index in [1.807, 2.05) is 30.3 Å². The zero-order valence-corrected chi connectivity index (χ0v) is 27.5. The van der Waals surface area contributed by atoms with Gasteiger partial charge in [0, 0.05) is 44.8 Å². The number of nitrogens with one attached hydrogen (secondary N) is 1. The van der Waals surface area contributed by atoms with Crippen molar-refractivity contribution in [3.63, 3.8) is 0 Å². The summed E-state index contributed by atoms with van der Waals surface area (Å²) in [7, 11) is -1.48. The van der Waals surface area contributed by atoms with E-state index in [9.17, 15) is 12.6 Å². The normalized spacial score (nSPS) is 22.6. The number of benzene rings is 3. The molecule has 3 atom stereocenters. The lowest BCUT2D eigenvalue weighted by Crippen LogP contribution is -2.45. The maximum Gasteiger partial charge on any atom is 0.261 e. The standard InChI is InChI=1S/C34H43N5O3S2/c1-26-8-6-11-29(20-26)34(24-38(3)44(41,42)33-23-37(2)25-35-33)17-14-30(21-34)39-18-15-27(16-19-39)22-36-43(40)32-13-7-10-28-9-4-5-12-31(28)32/h4-13,20,23,25,27,30,36H,14-19,21-22,24H2,1-3H3/t30?,34-,43?/m1/s1. The molecule has 44 heavy (non-hydrogen) atoms. The molecule has 6 rings (SSSR count). The molecule has 0 bridgehead atoms. The molecule has 234 valence electrons. The summed E-state index contributed by atoms with van der Waals surface area (Å²) in [5, 5.41) is 2.23. The van der Waals surface area contributed by atoms with Crippen LogP contribution in [-0.2, 0) is 33.5 Å². The van der Waals surface area contributed by atoms with Gasteiger partial charge in [0.1, 0.15) is 11.0 Å². The molecule has 8 nitrogen and oxygen atoms in total. The maximum atomic E-state index is 13.5. The van der Waals surface area contributed by atoms with E-state index in [1.54, 1.807) is 24.9 Å². The van der Waals surface area contributed by atoms with Crippen LogP contribution < -0.4 is 4.72 Å². The predicted molar refractivity (Wildman–Crippen MR) is 176 cm³/mol. The van der Waals surface area contributed by atoms with Crippen molar-refractivity contribution in [2.75, 3.05) is 33.2 Å². The van der Waals surface area contributed by atoms with Crippen LogP contribution in [-0.4, -0.2) is 70.7 Å². The largest absolute Gasteiger partial charge is 0.339 e. The summed E-state index contributed by atoms with van der Waals surface area (Å²) < 4.78 is 46.6. The second-order valence-electron chi connectivity index (χ2n) is 12.8. The molecular formula is C34H43N5O3S2. The Hall–Kier alpha value is -2.89. The van der Waals surface area contributed by atoms with Gasteiger partial charge in [0.15, 0.2) is 5.03 Å². The number of likely N-dealkylation sites (N-methyl/N-ethyl adjacent to an activating group) is 1. The number of piperidine rings is 1. The number of rotatable bonds is 10. The molecule has 3 aromatic carbocycles. The van der Waals surface area contributed by atoms with Gasteiger partial charge in [0.05, 0.1) is 11.2 Å². The average molecular weight is 634 g/mol. The Morgan fingerprint density at radius 2 is 1.80 bits per heavy atom. The fourth-order valence-electron chi connectivity index (χ4n) is 7.23. The van der Waals surface area contributed by atoms with Crippen LogP contribution in [0.1, 0.15) is 43.2 Å². The second-order valence-corrected chi connectivity index (χ2v) is 16.0. The van der Waals surface area contributed by atoms with Crippen molar-refractivity contribution < 1.29 is 12.6 Å². The number of aromatic nitrogens is 2. The summed E-state index contributed by atoms with van der Waals surface area (Å²) in [6.07, 6.45) is 8.12. The summed E-state index contributed by atoms with van der Waals surface area (Å²) >= 11 is 0. The predicted octanol–water partition coefficient (Wildman–Crippen LogP) is 5.02. The van der Waals surface area contributed by atoms with Crippen molar-refractivity contribution in [3.8, 4) is 0 Å². The lowest BCUT2D eigenvalue weighted by molar-refractivity contribution is 0.130. The highest BCUT2D eigenvalue weighted by atomic mass is 32.2. The molecule has 2 unspecified atom stereocenters. The van der Waals surface area contributed by atoms with Crippen LogP contribution in [0.5, 0.6) is 0 Å². The van der Waals surface area contributed by atoms with Crippen LogP contribution in [0.15, 0.2) is 89.2 Å². The van der Waals surface area contributed by atoms with Crippen molar-refractivity contribution in [2.45, 2.75) is 60.4 Å². The van der Waals surface area contributed by atoms with Crippen LogP contribution in [0.25, 0.3) is 10.8 Å². The third kappa shape index (κ3) is 6.41. The van der Waals surface area contributed by atoms with Gasteiger partial charge in [-0.25, -0.2) is 22.3 Å². The number of imidazole rings is 1. The molecule has 1 saturated carbocycles. The highest BCUT2D eigenvalue weighted by Gasteiger charge is 2.45. The Bertz CT molecular complexity index is 1740. The number of hydrogen-bond acceptors (Lipinski definition) is 5. The first kappa shape index (κ1) is 31.1. The number of sulfonamides is 1. The summed E-state index contributed by atoms with van der Waals surface area (Å²) in [6, 6.07) is 23.1. The van der Waals surface area contributed by atoms with Gasteiger partial charge in [-0.15, -0.1) is 0 Å². The molecule has 1 aliphatic carbocycles. The van der Waals surface area contributed by atoms with Crippen LogP contribution in [0.3, 0.4) is 0 Å². The summed E-state index contributed by atoms with van der Waals surface area (Å²) in [5.41, 5.74) is 2.15. The van der Waals surface area contributed by atoms with E-state index in [-0.39, 0.29) is 10.4 Å². The number of likely N-dealkylation sites (tertiary alicyclic amines) is 1. The topological polar surface area (TPSA) is 87.5 Å². The van der Waals surface area contributed by atoms with Crippen LogP contribution in [0.2, 0.25) is 0 Å². The minimum atomic E-state index is -3.70. The van der Waals surface area contributed by atoms with E-state index in [4.69, 9.17) is 0 Å². The Balaban J connectivity index is 1.10. The molecule has 0 radical (unpaired) electrons. The van der Waals surface area contributed by atoms with Gasteiger partial charge < -0.3 is 9.47 Å². The third-order valence-corrected chi connectivity index (χ3v) is 12.6. The van der Waals surface area contributed by atoms with Gasteiger partial charge >= 0.3 is 0 Å². The number of nitrogens with zero attached hydrogens (tertiary/aromatic N) is 4. The molecule has 10 heteroatoms. The first-order valence-corrected chi connectivity index (χ1v) is 18.1. The molecule has 1 aliphatic heterocycles. The van der Waals surface area contributed by atoms with Crippen molar-refractivity contribution in [3.05, 3.63) is 90.4 Å². The second kappa shape index (κ2) is 12.8. The molecular weight excluding hydrogens is 591 g/mol. The molecule has 1 aromatic heterocycles. The number of fused-ring (bicyclic) bond motifs is 1. The quantitative estimate of drug-likeness (QED) is 0.265. The van der Waals surface area contributed by atoms with Gasteiger partial charge in [-0.2, -0.15) is 4.31 Å². The number of hydrogen-bond donors (Lipinski definition) is 1. The van der Waals surface area contributed by atoms with Gasteiger partial charge in [0.25, 0.3) is 10.0 Å². The van der Waals surface area contributed by atoms with Crippen LogP contribution in [0.4, 0.5) is 0 Å². The summed E-state index contributed by atoms with van der Waals surface area (Å²) in [6.45, 7) is 5.27. The minimum absolute atomic E-state index is 0.0912. The van der Waals surface area contributed by atoms with Crippen LogP contribution >= 0.6 is 0 Å². The van der Waals surface area contributed by atoms with E-state index in [0.717, 1.165) is 67.4 Å². The SMILES string of the molecule is Cc1cccc([C@]2(CN(C)S(=O)(=O)c3cn(C)cn3)CCC(N3CCC(CNS(=O)c4cccc5ccccc45)CC3)C2)c1. The minimum Gasteiger partial charge on any atom is -0.339 e. The highest BCUT2D eigenvalue weighted by molar-refractivity contribution is 7.89. The Labute approximate surface area is 264 Å². The van der Waals surface area contributed by atoms with E-state index in [2.05, 4.69) is 57.9 Å². The zero-order chi connectivity index (χ0) is 30.9. The molecule has 4 aromatic rings. The van der Waals surface area contributed by atoms with E-state index in [1.165, 1.54) is 21.8 Å². The molecule has 1 N–H and O–H groups in total.